The Bertz CT molecular complexity index is 359. The maximum absolute atomic E-state index is 13.2. The van der Waals surface area contributed by atoms with E-state index < -0.39 is 11.9 Å². The van der Waals surface area contributed by atoms with Gasteiger partial charge in [-0.2, -0.15) is 0 Å². The quantitative estimate of drug-likeness (QED) is 0.840. The summed E-state index contributed by atoms with van der Waals surface area (Å²) in [7, 11) is 0. The molecule has 15 heavy (non-hydrogen) atoms. The summed E-state index contributed by atoms with van der Waals surface area (Å²) >= 11 is 5.49. The van der Waals surface area contributed by atoms with Gasteiger partial charge in [-0.15, -0.1) is 0 Å². The van der Waals surface area contributed by atoms with Gasteiger partial charge in [-0.1, -0.05) is 17.7 Å². The molecule has 1 aromatic rings. The van der Waals surface area contributed by atoms with Crippen LogP contribution in [0.5, 0.6) is 0 Å². The van der Waals surface area contributed by atoms with Gasteiger partial charge in [0.15, 0.2) is 5.82 Å². The molecule has 1 aromatic carbocycles. The third-order valence-corrected chi connectivity index (χ3v) is 1.80. The molecule has 0 aliphatic carbocycles. The monoisotopic (exact) mass is 233 g/mol. The molecule has 0 heterocycles. The van der Waals surface area contributed by atoms with Crippen molar-refractivity contribution in [3.63, 3.8) is 0 Å². The van der Waals surface area contributed by atoms with Crippen LogP contribution in [-0.4, -0.2) is 24.4 Å². The molecule has 1 amide bonds. The summed E-state index contributed by atoms with van der Waals surface area (Å²) in [6.07, 6.45) is -0.842. The Labute approximate surface area is 90.6 Å². The van der Waals surface area contributed by atoms with Gasteiger partial charge in [-0.25, -0.2) is 9.18 Å². The Morgan fingerprint density at radius 1 is 1.60 bits per heavy atom. The van der Waals surface area contributed by atoms with Crippen molar-refractivity contribution in [1.29, 1.82) is 0 Å². The van der Waals surface area contributed by atoms with Crippen LogP contribution in [0.2, 0.25) is 5.02 Å². The highest BCUT2D eigenvalue weighted by molar-refractivity contribution is 6.31. The number of carbonyl (C=O) groups is 1. The van der Waals surface area contributed by atoms with Crippen molar-refractivity contribution in [3.8, 4) is 0 Å². The fourth-order valence-electron chi connectivity index (χ4n) is 0.885. The SMILES string of the molecule is O=C(Nc1cccc(Cl)c1F)OCCO. The highest BCUT2D eigenvalue weighted by atomic mass is 35.5. The van der Waals surface area contributed by atoms with Crippen LogP contribution in [0.4, 0.5) is 14.9 Å². The summed E-state index contributed by atoms with van der Waals surface area (Å²) in [5, 5.41) is 10.4. The molecule has 4 nitrogen and oxygen atoms in total. The van der Waals surface area contributed by atoms with E-state index >= 15 is 0 Å². The maximum Gasteiger partial charge on any atom is 0.411 e. The van der Waals surface area contributed by atoms with Gasteiger partial charge >= 0.3 is 6.09 Å². The predicted octanol–water partition coefficient (Wildman–Crippen LogP) is 2.02. The molecule has 0 spiro atoms. The lowest BCUT2D eigenvalue weighted by Gasteiger charge is -2.07. The zero-order chi connectivity index (χ0) is 11.3. The van der Waals surface area contributed by atoms with Crippen LogP contribution in [-0.2, 0) is 4.74 Å². The zero-order valence-corrected chi connectivity index (χ0v) is 8.42. The van der Waals surface area contributed by atoms with E-state index in [1.807, 2.05) is 0 Å². The number of ether oxygens (including phenoxy) is 1. The summed E-state index contributed by atoms with van der Waals surface area (Å²) in [5.74, 6) is -0.722. The van der Waals surface area contributed by atoms with E-state index in [9.17, 15) is 9.18 Å². The number of hydrogen-bond acceptors (Lipinski definition) is 3. The number of nitrogens with one attached hydrogen (secondary N) is 1. The van der Waals surface area contributed by atoms with Gasteiger partial charge in [-0.05, 0) is 12.1 Å². The molecule has 0 saturated heterocycles. The van der Waals surface area contributed by atoms with Gasteiger partial charge < -0.3 is 9.84 Å². The van der Waals surface area contributed by atoms with Gasteiger partial charge in [0, 0.05) is 0 Å². The van der Waals surface area contributed by atoms with Gasteiger partial charge in [0.1, 0.15) is 6.61 Å². The van der Waals surface area contributed by atoms with Crippen molar-refractivity contribution in [3.05, 3.63) is 29.0 Å². The number of anilines is 1. The molecule has 0 radical (unpaired) electrons. The lowest BCUT2D eigenvalue weighted by molar-refractivity contribution is 0.131. The summed E-state index contributed by atoms with van der Waals surface area (Å²) in [6.45, 7) is -0.431. The average molecular weight is 234 g/mol. The smallest absolute Gasteiger partial charge is 0.411 e. The molecule has 1 rings (SSSR count). The summed E-state index contributed by atoms with van der Waals surface area (Å²) in [6, 6.07) is 4.20. The predicted molar refractivity (Wildman–Crippen MR) is 53.5 cm³/mol. The van der Waals surface area contributed by atoms with E-state index in [1.165, 1.54) is 18.2 Å². The number of aliphatic hydroxyl groups is 1. The van der Waals surface area contributed by atoms with Crippen molar-refractivity contribution in [1.82, 2.24) is 0 Å². The van der Waals surface area contributed by atoms with E-state index in [1.54, 1.807) is 0 Å². The Kier molecular flexibility index (Phi) is 4.33. The number of carbonyl (C=O) groups excluding carboxylic acids is 1. The number of rotatable bonds is 3. The lowest BCUT2D eigenvalue weighted by Crippen LogP contribution is -2.16. The van der Waals surface area contributed by atoms with Crippen molar-refractivity contribution in [2.45, 2.75) is 0 Å². The Morgan fingerprint density at radius 3 is 3.00 bits per heavy atom. The van der Waals surface area contributed by atoms with Crippen LogP contribution in [0.1, 0.15) is 0 Å². The highest BCUT2D eigenvalue weighted by Crippen LogP contribution is 2.21. The number of halogens is 2. The molecule has 2 N–H and O–H groups in total. The first-order chi connectivity index (χ1) is 7.15. The van der Waals surface area contributed by atoms with E-state index in [2.05, 4.69) is 10.1 Å². The number of aliphatic hydroxyl groups excluding tert-OH is 1. The van der Waals surface area contributed by atoms with Crippen LogP contribution in [0.3, 0.4) is 0 Å². The van der Waals surface area contributed by atoms with Gasteiger partial charge in [0.2, 0.25) is 0 Å². The first-order valence-electron chi connectivity index (χ1n) is 4.14. The molecule has 6 heteroatoms. The van der Waals surface area contributed by atoms with Crippen molar-refractivity contribution in [2.24, 2.45) is 0 Å². The van der Waals surface area contributed by atoms with E-state index in [0.29, 0.717) is 0 Å². The van der Waals surface area contributed by atoms with Crippen molar-refractivity contribution < 1.29 is 19.0 Å². The normalized spacial score (nSPS) is 9.80. The molecule has 0 aliphatic heterocycles. The molecule has 82 valence electrons. The second-order valence-corrected chi connectivity index (χ2v) is 2.99. The molecule has 0 atom stereocenters. The fourth-order valence-corrected chi connectivity index (χ4v) is 1.06. The van der Waals surface area contributed by atoms with Gasteiger partial charge in [-0.3, -0.25) is 5.32 Å². The molecule has 0 fully saturated rings. The van der Waals surface area contributed by atoms with Gasteiger partial charge in [0.05, 0.1) is 17.3 Å². The molecule has 0 unspecified atom stereocenters. The highest BCUT2D eigenvalue weighted by Gasteiger charge is 2.09. The van der Waals surface area contributed by atoms with E-state index in [4.69, 9.17) is 16.7 Å². The Balaban J connectivity index is 2.64. The second-order valence-electron chi connectivity index (χ2n) is 2.59. The van der Waals surface area contributed by atoms with Crippen molar-refractivity contribution >= 4 is 23.4 Å². The summed E-state index contributed by atoms with van der Waals surface area (Å²) in [4.78, 5) is 11.0. The largest absolute Gasteiger partial charge is 0.447 e. The zero-order valence-electron chi connectivity index (χ0n) is 7.67. The van der Waals surface area contributed by atoms with Crippen LogP contribution in [0, 0.1) is 5.82 Å². The van der Waals surface area contributed by atoms with Gasteiger partial charge in [0.25, 0.3) is 0 Å². The van der Waals surface area contributed by atoms with E-state index in [-0.39, 0.29) is 23.9 Å². The third kappa shape index (κ3) is 3.38. The summed E-state index contributed by atoms with van der Waals surface area (Å²) in [5.41, 5.74) is -0.0644. The molecule has 0 bridgehead atoms. The maximum atomic E-state index is 13.2. The topological polar surface area (TPSA) is 58.6 Å². The molecule has 0 saturated carbocycles. The lowest BCUT2D eigenvalue weighted by atomic mass is 10.3. The standard InChI is InChI=1S/C9H9ClFNO3/c10-6-2-1-3-7(8(6)11)12-9(14)15-5-4-13/h1-3,13H,4-5H2,(H,12,14). The fraction of sp³-hybridized carbons (Fsp3) is 0.222. The number of benzene rings is 1. The van der Waals surface area contributed by atoms with Crippen LogP contribution >= 0.6 is 11.6 Å². The van der Waals surface area contributed by atoms with Crippen LogP contribution < -0.4 is 5.32 Å². The Hall–Kier alpha value is -1.33. The average Bonchev–Trinajstić information content (AvgIpc) is 2.22. The number of hydrogen-bond donors (Lipinski definition) is 2. The second kappa shape index (κ2) is 5.53. The minimum absolute atomic E-state index is 0.0644. The Morgan fingerprint density at radius 2 is 2.33 bits per heavy atom. The first-order valence-corrected chi connectivity index (χ1v) is 4.51. The summed E-state index contributed by atoms with van der Waals surface area (Å²) < 4.78 is 17.7. The third-order valence-electron chi connectivity index (χ3n) is 1.51. The van der Waals surface area contributed by atoms with Crippen molar-refractivity contribution in [2.75, 3.05) is 18.5 Å². The minimum atomic E-state index is -0.842. The molecular formula is C9H9ClFNO3. The van der Waals surface area contributed by atoms with Crippen LogP contribution in [0.15, 0.2) is 18.2 Å². The van der Waals surface area contributed by atoms with E-state index in [0.717, 1.165) is 0 Å². The first kappa shape index (κ1) is 11.7. The number of amides is 1. The molecular weight excluding hydrogens is 225 g/mol. The van der Waals surface area contributed by atoms with Crippen LogP contribution in [0.25, 0.3) is 0 Å². The minimum Gasteiger partial charge on any atom is -0.447 e. The molecule has 0 aliphatic rings. The molecule has 0 aromatic heterocycles.